The largest absolute Gasteiger partial charge is 0.352 e. The Kier molecular flexibility index (Phi) is 5.07. The first kappa shape index (κ1) is 19.6. The van der Waals surface area contributed by atoms with Gasteiger partial charge in [0.15, 0.2) is 10.8 Å². The Balaban J connectivity index is 1.40. The van der Waals surface area contributed by atoms with Gasteiger partial charge in [-0.15, -0.1) is 0 Å². The molecule has 0 fully saturated rings. The van der Waals surface area contributed by atoms with Gasteiger partial charge in [0.25, 0.3) is 5.56 Å². The van der Waals surface area contributed by atoms with Gasteiger partial charge in [0.1, 0.15) is 5.39 Å². The quantitative estimate of drug-likeness (QED) is 0.491. The average molecular weight is 432 g/mol. The summed E-state index contributed by atoms with van der Waals surface area (Å²) in [6.07, 6.45) is 1.81. The molecule has 2 aromatic heterocycles. The van der Waals surface area contributed by atoms with E-state index in [0.29, 0.717) is 28.5 Å². The van der Waals surface area contributed by atoms with Crippen molar-refractivity contribution in [3.8, 4) is 5.69 Å². The number of aromatic nitrogens is 4. The van der Waals surface area contributed by atoms with Crippen molar-refractivity contribution in [3.63, 3.8) is 0 Å². The Labute approximate surface area is 183 Å². The number of fused-ring (bicyclic) bond motifs is 2. The van der Waals surface area contributed by atoms with Crippen LogP contribution in [0, 0.1) is 6.92 Å². The molecule has 2 aromatic carbocycles. The van der Waals surface area contributed by atoms with Gasteiger partial charge in [-0.25, -0.2) is 9.67 Å². The molecule has 0 radical (unpaired) electrons. The molecule has 1 amide bonds. The van der Waals surface area contributed by atoms with Gasteiger partial charge < -0.3 is 5.32 Å². The average Bonchev–Trinajstić information content (AvgIpc) is 3.38. The lowest BCUT2D eigenvalue weighted by Gasteiger charge is -2.13. The molecule has 0 bridgehead atoms. The number of hydrogen-bond donors (Lipinski definition) is 1. The maximum absolute atomic E-state index is 13.2. The van der Waals surface area contributed by atoms with Gasteiger partial charge in [-0.2, -0.15) is 5.10 Å². The van der Waals surface area contributed by atoms with Crippen molar-refractivity contribution in [3.05, 3.63) is 82.3 Å². The van der Waals surface area contributed by atoms with Gasteiger partial charge in [0.05, 0.1) is 17.9 Å². The first-order valence-electron chi connectivity index (χ1n) is 10.1. The number of amides is 1. The molecule has 0 spiro atoms. The molecule has 0 saturated carbocycles. The van der Waals surface area contributed by atoms with Crippen molar-refractivity contribution in [2.24, 2.45) is 0 Å². The summed E-state index contributed by atoms with van der Waals surface area (Å²) < 4.78 is 3.35. The summed E-state index contributed by atoms with van der Waals surface area (Å²) in [5, 5.41) is 8.45. The second kappa shape index (κ2) is 8.03. The standard InChI is InChI=1S/C23H21N5O2S/c1-15-6-5-9-17(10-15)28-21-19(13-25-28)22(30)27-18(14-31-23(27)26-21)11-20(29)24-12-16-7-3-2-4-8-16/h2-10,13,18H,11-12,14H2,1H3,(H,24,29). The third-order valence-corrected chi connectivity index (χ3v) is 6.47. The first-order valence-corrected chi connectivity index (χ1v) is 11.1. The molecule has 3 heterocycles. The fourth-order valence-electron chi connectivity index (χ4n) is 3.81. The van der Waals surface area contributed by atoms with Crippen LogP contribution in [0.4, 0.5) is 0 Å². The van der Waals surface area contributed by atoms with Gasteiger partial charge in [0.2, 0.25) is 5.91 Å². The number of hydrogen-bond acceptors (Lipinski definition) is 5. The lowest BCUT2D eigenvalue weighted by molar-refractivity contribution is -0.121. The van der Waals surface area contributed by atoms with Crippen molar-refractivity contribution < 1.29 is 4.79 Å². The summed E-state index contributed by atoms with van der Waals surface area (Å²) in [6, 6.07) is 17.5. The molecule has 7 nitrogen and oxygen atoms in total. The van der Waals surface area contributed by atoms with Crippen LogP contribution >= 0.6 is 11.8 Å². The maximum Gasteiger partial charge on any atom is 0.265 e. The number of aryl methyl sites for hydroxylation is 1. The highest BCUT2D eigenvalue weighted by Gasteiger charge is 2.29. The fourth-order valence-corrected chi connectivity index (χ4v) is 4.94. The summed E-state index contributed by atoms with van der Waals surface area (Å²) in [7, 11) is 0. The molecule has 0 saturated heterocycles. The molecule has 8 heteroatoms. The zero-order valence-corrected chi connectivity index (χ0v) is 17.8. The van der Waals surface area contributed by atoms with Crippen LogP contribution in [-0.2, 0) is 11.3 Å². The first-order chi connectivity index (χ1) is 15.1. The van der Waals surface area contributed by atoms with E-state index in [-0.39, 0.29) is 23.9 Å². The molecule has 1 atom stereocenters. The van der Waals surface area contributed by atoms with E-state index in [9.17, 15) is 9.59 Å². The highest BCUT2D eigenvalue weighted by Crippen LogP contribution is 2.33. The number of carbonyl (C=O) groups is 1. The van der Waals surface area contributed by atoms with Crippen LogP contribution < -0.4 is 10.9 Å². The summed E-state index contributed by atoms with van der Waals surface area (Å²) in [4.78, 5) is 30.5. The highest BCUT2D eigenvalue weighted by molar-refractivity contribution is 7.99. The van der Waals surface area contributed by atoms with E-state index >= 15 is 0 Å². The SMILES string of the molecule is Cc1cccc(-n2ncc3c(=O)n4c(nc32)SCC4CC(=O)NCc2ccccc2)c1. The Bertz CT molecular complexity index is 1330. The van der Waals surface area contributed by atoms with Crippen LogP contribution in [-0.4, -0.2) is 31.0 Å². The van der Waals surface area contributed by atoms with Gasteiger partial charge in [0, 0.05) is 18.7 Å². The van der Waals surface area contributed by atoms with Crippen LogP contribution in [0.25, 0.3) is 16.7 Å². The van der Waals surface area contributed by atoms with E-state index in [1.165, 1.54) is 11.8 Å². The number of carbonyl (C=O) groups excluding carboxylic acids is 1. The van der Waals surface area contributed by atoms with Crippen LogP contribution in [0.2, 0.25) is 0 Å². The molecule has 1 N–H and O–H groups in total. The molecule has 156 valence electrons. The molecular formula is C23H21N5O2S. The minimum atomic E-state index is -0.220. The molecule has 5 rings (SSSR count). The molecule has 1 unspecified atom stereocenters. The van der Waals surface area contributed by atoms with Crippen LogP contribution in [0.15, 0.2) is 70.7 Å². The Morgan fingerprint density at radius 1 is 1.19 bits per heavy atom. The summed E-state index contributed by atoms with van der Waals surface area (Å²) in [5.74, 6) is 0.565. The van der Waals surface area contributed by atoms with Gasteiger partial charge in [-0.05, 0) is 30.2 Å². The lowest BCUT2D eigenvalue weighted by Crippen LogP contribution is -2.30. The number of nitrogens with one attached hydrogen (secondary N) is 1. The molecule has 31 heavy (non-hydrogen) atoms. The number of nitrogens with zero attached hydrogens (tertiary/aromatic N) is 4. The number of thioether (sulfide) groups is 1. The van der Waals surface area contributed by atoms with Gasteiger partial charge >= 0.3 is 0 Å². The zero-order chi connectivity index (χ0) is 21.4. The third-order valence-electron chi connectivity index (χ3n) is 5.37. The second-order valence-electron chi connectivity index (χ2n) is 7.63. The van der Waals surface area contributed by atoms with Crippen molar-refractivity contribution >= 4 is 28.7 Å². The maximum atomic E-state index is 13.2. The van der Waals surface area contributed by atoms with Crippen molar-refractivity contribution in [1.82, 2.24) is 24.6 Å². The number of benzene rings is 2. The highest BCUT2D eigenvalue weighted by atomic mass is 32.2. The Morgan fingerprint density at radius 2 is 2.03 bits per heavy atom. The van der Waals surface area contributed by atoms with Gasteiger partial charge in [-0.1, -0.05) is 54.2 Å². The Hall–Kier alpha value is -3.39. The topological polar surface area (TPSA) is 81.8 Å². The van der Waals surface area contributed by atoms with E-state index in [1.807, 2.05) is 61.5 Å². The molecule has 1 aliphatic heterocycles. The minimum Gasteiger partial charge on any atom is -0.352 e. The summed E-state index contributed by atoms with van der Waals surface area (Å²) in [5.41, 5.74) is 3.41. The van der Waals surface area contributed by atoms with E-state index < -0.39 is 0 Å². The predicted molar refractivity (Wildman–Crippen MR) is 121 cm³/mol. The minimum absolute atomic E-state index is 0.0789. The predicted octanol–water partition coefficient (Wildman–Crippen LogP) is 3.24. The van der Waals surface area contributed by atoms with E-state index in [1.54, 1.807) is 15.4 Å². The van der Waals surface area contributed by atoms with E-state index in [0.717, 1.165) is 16.8 Å². The normalized spacial score (nSPS) is 15.2. The van der Waals surface area contributed by atoms with Crippen molar-refractivity contribution in [2.45, 2.75) is 31.1 Å². The molecule has 1 aliphatic rings. The Morgan fingerprint density at radius 3 is 2.84 bits per heavy atom. The van der Waals surface area contributed by atoms with Gasteiger partial charge in [-0.3, -0.25) is 14.2 Å². The smallest absolute Gasteiger partial charge is 0.265 e. The van der Waals surface area contributed by atoms with Crippen LogP contribution in [0.1, 0.15) is 23.6 Å². The second-order valence-corrected chi connectivity index (χ2v) is 8.62. The van der Waals surface area contributed by atoms with Crippen LogP contribution in [0.3, 0.4) is 0 Å². The summed E-state index contributed by atoms with van der Waals surface area (Å²) in [6.45, 7) is 2.49. The summed E-state index contributed by atoms with van der Waals surface area (Å²) >= 11 is 1.50. The van der Waals surface area contributed by atoms with Crippen LogP contribution in [0.5, 0.6) is 0 Å². The lowest BCUT2D eigenvalue weighted by atomic mass is 10.2. The third kappa shape index (κ3) is 3.74. The molecule has 0 aliphatic carbocycles. The monoisotopic (exact) mass is 431 g/mol. The van der Waals surface area contributed by atoms with Crippen molar-refractivity contribution in [2.75, 3.05) is 5.75 Å². The molecular weight excluding hydrogens is 410 g/mol. The van der Waals surface area contributed by atoms with Crippen molar-refractivity contribution in [1.29, 1.82) is 0 Å². The number of rotatable bonds is 5. The van der Waals surface area contributed by atoms with E-state index in [4.69, 9.17) is 4.98 Å². The fraction of sp³-hybridized carbons (Fsp3) is 0.217. The zero-order valence-electron chi connectivity index (χ0n) is 17.0. The molecule has 4 aromatic rings. The van der Waals surface area contributed by atoms with E-state index in [2.05, 4.69) is 10.4 Å².